The third-order valence-electron chi connectivity index (χ3n) is 6.44. The summed E-state index contributed by atoms with van der Waals surface area (Å²) >= 11 is 0. The van der Waals surface area contributed by atoms with Gasteiger partial charge in [0.2, 0.25) is 0 Å². The average Bonchev–Trinajstić information content (AvgIpc) is 2.63. The molecular weight excluding hydrogens is 336 g/mol. The minimum absolute atomic E-state index is 0.0156. The molecule has 0 spiro atoms. The topological polar surface area (TPSA) is 0 Å². The Morgan fingerprint density at radius 1 is 0.571 bits per heavy atom. The van der Waals surface area contributed by atoms with Crippen LogP contribution in [-0.4, -0.2) is 0 Å². The maximum atomic E-state index is 2.37. The summed E-state index contributed by atoms with van der Waals surface area (Å²) in [7, 11) is 0. The van der Waals surface area contributed by atoms with E-state index in [1.807, 2.05) is 0 Å². The van der Waals surface area contributed by atoms with Gasteiger partial charge in [-0.3, -0.25) is 0 Å². The highest BCUT2D eigenvalue weighted by Gasteiger charge is 2.29. The van der Waals surface area contributed by atoms with Crippen LogP contribution in [0.3, 0.4) is 0 Å². The van der Waals surface area contributed by atoms with E-state index < -0.39 is 0 Å². The molecule has 3 aromatic rings. The van der Waals surface area contributed by atoms with Crippen LogP contribution in [0.1, 0.15) is 66.6 Å². The lowest BCUT2D eigenvalue weighted by Crippen LogP contribution is -2.25. The first kappa shape index (κ1) is 20.4. The van der Waals surface area contributed by atoms with E-state index in [4.69, 9.17) is 0 Å². The number of aryl methyl sites for hydroxylation is 2. The highest BCUT2D eigenvalue weighted by atomic mass is 14.3. The van der Waals surface area contributed by atoms with Crippen LogP contribution in [0.2, 0.25) is 0 Å². The van der Waals surface area contributed by atoms with Crippen molar-refractivity contribution in [3.63, 3.8) is 0 Å². The smallest absolute Gasteiger partial charge is 0.0151 e. The molecule has 0 aliphatic rings. The standard InChI is InChI=1S/C28H34/c1-20-13-8-10-16-24(20)27(4,5)19-23-15-12-18-26(22(23)3)28(6,7)25-17-11-9-14-21(25)2/h8-18H,19H2,1-7H3. The Balaban J connectivity index is 2.02. The molecule has 0 aromatic heterocycles. The van der Waals surface area contributed by atoms with E-state index in [0.717, 1.165) is 6.42 Å². The van der Waals surface area contributed by atoms with E-state index in [0.29, 0.717) is 0 Å². The third-order valence-corrected chi connectivity index (χ3v) is 6.44. The molecule has 28 heavy (non-hydrogen) atoms. The van der Waals surface area contributed by atoms with Gasteiger partial charge in [0.1, 0.15) is 0 Å². The molecule has 0 aliphatic carbocycles. The Labute approximate surface area is 171 Å². The molecule has 0 heterocycles. The SMILES string of the molecule is Cc1ccccc1C(C)(C)Cc1cccc(C(C)(C)c2ccccc2C)c1C. The first-order chi connectivity index (χ1) is 13.1. The monoisotopic (exact) mass is 370 g/mol. The van der Waals surface area contributed by atoms with Crippen LogP contribution < -0.4 is 0 Å². The van der Waals surface area contributed by atoms with Crippen LogP contribution in [0.5, 0.6) is 0 Å². The van der Waals surface area contributed by atoms with Gasteiger partial charge in [-0.1, -0.05) is 94.4 Å². The largest absolute Gasteiger partial charge is 0.0620 e. The molecule has 0 fully saturated rings. The minimum atomic E-state index is -0.0156. The van der Waals surface area contributed by atoms with Crippen LogP contribution in [0, 0.1) is 20.8 Å². The van der Waals surface area contributed by atoms with E-state index in [-0.39, 0.29) is 10.8 Å². The Kier molecular flexibility index (Phi) is 5.53. The zero-order valence-electron chi connectivity index (χ0n) is 18.6. The number of benzene rings is 3. The Morgan fingerprint density at radius 2 is 1.07 bits per heavy atom. The van der Waals surface area contributed by atoms with Crippen molar-refractivity contribution in [2.75, 3.05) is 0 Å². The van der Waals surface area contributed by atoms with Crippen molar-refractivity contribution >= 4 is 0 Å². The zero-order valence-corrected chi connectivity index (χ0v) is 18.6. The van der Waals surface area contributed by atoms with Crippen LogP contribution in [0.4, 0.5) is 0 Å². The van der Waals surface area contributed by atoms with Gasteiger partial charge in [0.15, 0.2) is 0 Å². The highest BCUT2D eigenvalue weighted by molar-refractivity contribution is 5.48. The van der Waals surface area contributed by atoms with Gasteiger partial charge in [0.05, 0.1) is 0 Å². The van der Waals surface area contributed by atoms with Gasteiger partial charge in [-0.15, -0.1) is 0 Å². The Morgan fingerprint density at radius 3 is 1.64 bits per heavy atom. The Bertz CT molecular complexity index is 973. The molecule has 0 N–H and O–H groups in total. The van der Waals surface area contributed by atoms with Crippen LogP contribution in [0.25, 0.3) is 0 Å². The summed E-state index contributed by atoms with van der Waals surface area (Å²) in [4.78, 5) is 0. The van der Waals surface area contributed by atoms with Crippen LogP contribution in [-0.2, 0) is 17.3 Å². The average molecular weight is 371 g/mol. The lowest BCUT2D eigenvalue weighted by molar-refractivity contribution is 0.516. The van der Waals surface area contributed by atoms with Crippen molar-refractivity contribution in [2.24, 2.45) is 0 Å². The molecule has 0 heteroatoms. The van der Waals surface area contributed by atoms with Gasteiger partial charge in [0.25, 0.3) is 0 Å². The van der Waals surface area contributed by atoms with E-state index in [1.165, 1.54) is 38.9 Å². The van der Waals surface area contributed by atoms with Crippen molar-refractivity contribution in [3.05, 3.63) is 106 Å². The van der Waals surface area contributed by atoms with Crippen LogP contribution in [0.15, 0.2) is 66.7 Å². The second kappa shape index (κ2) is 7.59. The highest BCUT2D eigenvalue weighted by Crippen LogP contribution is 2.38. The first-order valence-electron chi connectivity index (χ1n) is 10.4. The summed E-state index contributed by atoms with van der Waals surface area (Å²) < 4.78 is 0. The quantitative estimate of drug-likeness (QED) is 0.437. The predicted octanol–water partition coefficient (Wildman–Crippen LogP) is 7.46. The lowest BCUT2D eigenvalue weighted by Gasteiger charge is -2.32. The molecule has 0 saturated carbocycles. The summed E-state index contributed by atoms with van der Waals surface area (Å²) in [5.74, 6) is 0. The predicted molar refractivity (Wildman–Crippen MR) is 122 cm³/mol. The van der Waals surface area contributed by atoms with Gasteiger partial charge in [-0.2, -0.15) is 0 Å². The summed E-state index contributed by atoms with van der Waals surface area (Å²) in [5.41, 5.74) is 9.98. The molecule has 0 saturated heterocycles. The van der Waals surface area contributed by atoms with Crippen molar-refractivity contribution < 1.29 is 0 Å². The molecule has 0 aliphatic heterocycles. The summed E-state index contributed by atoms with van der Waals surface area (Å²) in [6.45, 7) is 16.2. The van der Waals surface area contributed by atoms with Gasteiger partial charge in [-0.05, 0) is 71.6 Å². The van der Waals surface area contributed by atoms with Gasteiger partial charge >= 0.3 is 0 Å². The minimum Gasteiger partial charge on any atom is -0.0620 e. The molecule has 0 nitrogen and oxygen atoms in total. The van der Waals surface area contributed by atoms with Crippen molar-refractivity contribution in [2.45, 2.75) is 65.7 Å². The number of hydrogen-bond acceptors (Lipinski definition) is 0. The fourth-order valence-electron chi connectivity index (χ4n) is 4.87. The van der Waals surface area contributed by atoms with Crippen molar-refractivity contribution in [3.8, 4) is 0 Å². The molecule has 0 bridgehead atoms. The van der Waals surface area contributed by atoms with E-state index >= 15 is 0 Å². The molecular formula is C28H34. The van der Waals surface area contributed by atoms with E-state index in [2.05, 4.69) is 115 Å². The maximum absolute atomic E-state index is 2.37. The first-order valence-corrected chi connectivity index (χ1v) is 10.4. The second-order valence-electron chi connectivity index (χ2n) is 9.41. The molecule has 0 atom stereocenters. The molecule has 146 valence electrons. The summed E-state index contributed by atoms with van der Waals surface area (Å²) in [5, 5.41) is 0. The number of rotatable bonds is 5. The van der Waals surface area contributed by atoms with Crippen LogP contribution >= 0.6 is 0 Å². The van der Waals surface area contributed by atoms with Crippen molar-refractivity contribution in [1.82, 2.24) is 0 Å². The maximum Gasteiger partial charge on any atom is 0.0151 e. The second-order valence-corrected chi connectivity index (χ2v) is 9.41. The van der Waals surface area contributed by atoms with Gasteiger partial charge in [-0.25, -0.2) is 0 Å². The van der Waals surface area contributed by atoms with Gasteiger partial charge < -0.3 is 0 Å². The van der Waals surface area contributed by atoms with E-state index in [1.54, 1.807) is 0 Å². The number of hydrogen-bond donors (Lipinski definition) is 0. The fraction of sp³-hybridized carbons (Fsp3) is 0.357. The molecule has 0 unspecified atom stereocenters. The summed E-state index contributed by atoms with van der Waals surface area (Å²) in [6.07, 6.45) is 1.04. The third kappa shape index (κ3) is 3.78. The molecule has 3 rings (SSSR count). The van der Waals surface area contributed by atoms with E-state index in [9.17, 15) is 0 Å². The zero-order chi connectivity index (χ0) is 20.5. The lowest BCUT2D eigenvalue weighted by atomic mass is 9.71. The summed E-state index contributed by atoms with van der Waals surface area (Å²) in [6, 6.07) is 24.4. The normalized spacial score (nSPS) is 12.2. The molecule has 0 amide bonds. The molecule has 3 aromatic carbocycles. The van der Waals surface area contributed by atoms with Gasteiger partial charge in [0, 0.05) is 5.41 Å². The fourth-order valence-corrected chi connectivity index (χ4v) is 4.87. The molecule has 0 radical (unpaired) electrons. The van der Waals surface area contributed by atoms with Crippen molar-refractivity contribution in [1.29, 1.82) is 0 Å². The Hall–Kier alpha value is -2.34.